The van der Waals surface area contributed by atoms with Crippen LogP contribution in [0.1, 0.15) is 34.3 Å². The summed E-state index contributed by atoms with van der Waals surface area (Å²) >= 11 is 14.2. The van der Waals surface area contributed by atoms with Crippen LogP contribution in [-0.2, 0) is 22.7 Å². The standard InChI is InChI=1S/C23H23Cl2N5O3S2/c1-2-17-21(23(31)28-29-10-12-35(32,33)13-11-29)27-30(19-7-5-15(24)14-18(19)25)22(17)20-8-6-16(34-20)4-3-9-26/h5-8,14H,2-4,10-13H2,1H3,(H,28,31). The van der Waals surface area contributed by atoms with Crippen molar-refractivity contribution in [1.82, 2.24) is 20.2 Å². The van der Waals surface area contributed by atoms with Gasteiger partial charge in [0.05, 0.1) is 38.9 Å². The van der Waals surface area contributed by atoms with Gasteiger partial charge in [-0.1, -0.05) is 30.1 Å². The van der Waals surface area contributed by atoms with E-state index >= 15 is 0 Å². The van der Waals surface area contributed by atoms with E-state index in [1.54, 1.807) is 39.2 Å². The first-order valence-corrected chi connectivity index (χ1v) is 14.4. The summed E-state index contributed by atoms with van der Waals surface area (Å²) in [6, 6.07) is 11.2. The fourth-order valence-electron chi connectivity index (χ4n) is 3.89. The normalized spacial score (nSPS) is 15.6. The second-order valence-corrected chi connectivity index (χ2v) is 12.4. The average Bonchev–Trinajstić information content (AvgIpc) is 3.43. The first-order chi connectivity index (χ1) is 16.7. The number of thiophene rings is 1. The Hall–Kier alpha value is -2.42. The molecule has 12 heteroatoms. The predicted molar refractivity (Wildman–Crippen MR) is 138 cm³/mol. The Kier molecular flexibility index (Phi) is 7.83. The molecule has 0 bridgehead atoms. The predicted octanol–water partition coefficient (Wildman–Crippen LogP) is 4.30. The molecule has 2 aromatic heterocycles. The molecule has 3 aromatic rings. The Morgan fingerprint density at radius 3 is 2.63 bits per heavy atom. The summed E-state index contributed by atoms with van der Waals surface area (Å²) in [6.07, 6.45) is 1.59. The third kappa shape index (κ3) is 5.71. The van der Waals surface area contributed by atoms with Gasteiger partial charge in [-0.05, 0) is 43.2 Å². The van der Waals surface area contributed by atoms with Gasteiger partial charge in [0.1, 0.15) is 0 Å². The molecule has 0 spiro atoms. The summed E-state index contributed by atoms with van der Waals surface area (Å²) in [5.74, 6) is -0.420. The van der Waals surface area contributed by atoms with E-state index in [4.69, 9.17) is 28.5 Å². The number of aromatic nitrogens is 2. The van der Waals surface area contributed by atoms with Gasteiger partial charge in [-0.15, -0.1) is 11.3 Å². The molecule has 1 saturated heterocycles. The summed E-state index contributed by atoms with van der Waals surface area (Å²) in [5.41, 5.74) is 5.13. The maximum absolute atomic E-state index is 13.3. The topological polar surface area (TPSA) is 108 Å². The third-order valence-corrected chi connectivity index (χ3v) is 8.97. The summed E-state index contributed by atoms with van der Waals surface area (Å²) < 4.78 is 25.1. The molecule has 1 amide bonds. The van der Waals surface area contributed by atoms with Crippen molar-refractivity contribution in [1.29, 1.82) is 5.26 Å². The summed E-state index contributed by atoms with van der Waals surface area (Å²) in [6.45, 7) is 2.39. The van der Waals surface area contributed by atoms with Crippen LogP contribution >= 0.6 is 34.5 Å². The number of nitriles is 1. The molecule has 1 aliphatic rings. The Balaban J connectivity index is 1.77. The maximum atomic E-state index is 13.3. The van der Waals surface area contributed by atoms with Gasteiger partial charge in [-0.3, -0.25) is 10.2 Å². The van der Waals surface area contributed by atoms with Crippen molar-refractivity contribution < 1.29 is 13.2 Å². The highest BCUT2D eigenvalue weighted by Gasteiger charge is 2.28. The van der Waals surface area contributed by atoms with Crippen LogP contribution in [0.2, 0.25) is 10.0 Å². The summed E-state index contributed by atoms with van der Waals surface area (Å²) in [5, 5.41) is 16.1. The number of aryl methyl sites for hydroxylation is 1. The molecule has 0 radical (unpaired) electrons. The van der Waals surface area contributed by atoms with Crippen LogP contribution in [0.5, 0.6) is 0 Å². The van der Waals surface area contributed by atoms with Crippen LogP contribution in [0.25, 0.3) is 16.3 Å². The van der Waals surface area contributed by atoms with E-state index in [2.05, 4.69) is 16.6 Å². The monoisotopic (exact) mass is 551 g/mol. The molecule has 0 aliphatic carbocycles. The molecule has 8 nitrogen and oxygen atoms in total. The Bertz CT molecular complexity index is 1390. The number of hydrogen-bond donors (Lipinski definition) is 1. The highest BCUT2D eigenvalue weighted by Crippen LogP contribution is 2.37. The van der Waals surface area contributed by atoms with E-state index in [1.165, 1.54) is 0 Å². The van der Waals surface area contributed by atoms with Gasteiger partial charge in [0.2, 0.25) is 0 Å². The zero-order chi connectivity index (χ0) is 25.2. The van der Waals surface area contributed by atoms with E-state index in [9.17, 15) is 13.2 Å². The number of carbonyl (C=O) groups is 1. The number of hydrazine groups is 1. The lowest BCUT2D eigenvalue weighted by atomic mass is 10.1. The number of amides is 1. The number of nitrogens with zero attached hydrogens (tertiary/aromatic N) is 4. The Morgan fingerprint density at radius 1 is 1.23 bits per heavy atom. The number of sulfone groups is 1. The zero-order valence-electron chi connectivity index (χ0n) is 18.9. The lowest BCUT2D eigenvalue weighted by molar-refractivity contribution is 0.0795. The Labute approximate surface area is 218 Å². The van der Waals surface area contributed by atoms with Crippen molar-refractivity contribution in [2.24, 2.45) is 0 Å². The molecule has 0 unspecified atom stereocenters. The quantitative estimate of drug-likeness (QED) is 0.468. The van der Waals surface area contributed by atoms with Crippen LogP contribution < -0.4 is 5.43 Å². The minimum absolute atomic E-state index is 0.00530. The molecule has 184 valence electrons. The molecular weight excluding hydrogens is 529 g/mol. The molecule has 1 fully saturated rings. The van der Waals surface area contributed by atoms with Crippen LogP contribution in [0.15, 0.2) is 30.3 Å². The number of hydrogen-bond acceptors (Lipinski definition) is 7. The van der Waals surface area contributed by atoms with Crippen LogP contribution in [0, 0.1) is 11.3 Å². The van der Waals surface area contributed by atoms with Gasteiger partial charge in [0.15, 0.2) is 15.5 Å². The van der Waals surface area contributed by atoms with E-state index in [0.29, 0.717) is 35.0 Å². The van der Waals surface area contributed by atoms with Gasteiger partial charge < -0.3 is 0 Å². The third-order valence-electron chi connectivity index (χ3n) is 5.67. The minimum Gasteiger partial charge on any atom is -0.283 e. The van der Waals surface area contributed by atoms with Gasteiger partial charge in [0, 0.05) is 35.0 Å². The van der Waals surface area contributed by atoms with Crippen molar-refractivity contribution in [3.05, 3.63) is 56.5 Å². The number of halogens is 2. The molecule has 0 saturated carbocycles. The van der Waals surface area contributed by atoms with E-state index < -0.39 is 15.7 Å². The van der Waals surface area contributed by atoms with E-state index in [1.807, 2.05) is 19.1 Å². The number of rotatable bonds is 7. The van der Waals surface area contributed by atoms with Crippen molar-refractivity contribution in [3.8, 4) is 22.3 Å². The highest BCUT2D eigenvalue weighted by atomic mass is 35.5. The molecule has 3 heterocycles. The highest BCUT2D eigenvalue weighted by molar-refractivity contribution is 7.91. The molecule has 1 aliphatic heterocycles. The fourth-order valence-corrected chi connectivity index (χ4v) is 6.64. The fraction of sp³-hybridized carbons (Fsp3) is 0.348. The molecule has 1 N–H and O–H groups in total. The van der Waals surface area contributed by atoms with Crippen molar-refractivity contribution in [2.45, 2.75) is 26.2 Å². The number of benzene rings is 1. The van der Waals surface area contributed by atoms with Crippen molar-refractivity contribution in [3.63, 3.8) is 0 Å². The van der Waals surface area contributed by atoms with Gasteiger partial charge >= 0.3 is 0 Å². The Morgan fingerprint density at radius 2 is 1.97 bits per heavy atom. The molecule has 35 heavy (non-hydrogen) atoms. The van der Waals surface area contributed by atoms with Crippen LogP contribution in [0.4, 0.5) is 0 Å². The summed E-state index contributed by atoms with van der Waals surface area (Å²) in [7, 11) is -3.07. The largest absolute Gasteiger partial charge is 0.286 e. The lowest BCUT2D eigenvalue weighted by Crippen LogP contribution is -2.50. The van der Waals surface area contributed by atoms with Crippen LogP contribution in [0.3, 0.4) is 0 Å². The molecular formula is C23H23Cl2N5O3S2. The second-order valence-electron chi connectivity index (χ2n) is 8.04. The number of carbonyl (C=O) groups excluding carboxylic acids is 1. The number of nitrogens with one attached hydrogen (secondary N) is 1. The van der Waals surface area contributed by atoms with Crippen molar-refractivity contribution in [2.75, 3.05) is 24.6 Å². The molecule has 4 rings (SSSR count). The van der Waals surface area contributed by atoms with Gasteiger partial charge in [-0.2, -0.15) is 10.4 Å². The average molecular weight is 553 g/mol. The lowest BCUT2D eigenvalue weighted by Gasteiger charge is -2.26. The van der Waals surface area contributed by atoms with Crippen LogP contribution in [-0.4, -0.2) is 53.7 Å². The zero-order valence-corrected chi connectivity index (χ0v) is 22.1. The van der Waals surface area contributed by atoms with E-state index in [-0.39, 0.29) is 30.3 Å². The second kappa shape index (κ2) is 10.7. The van der Waals surface area contributed by atoms with Gasteiger partial charge in [0.25, 0.3) is 5.91 Å². The molecule has 0 atom stereocenters. The van der Waals surface area contributed by atoms with Crippen molar-refractivity contribution >= 4 is 50.3 Å². The smallest absolute Gasteiger partial charge is 0.283 e. The maximum Gasteiger partial charge on any atom is 0.286 e. The van der Waals surface area contributed by atoms with E-state index in [0.717, 1.165) is 21.0 Å². The molecule has 1 aromatic carbocycles. The summed E-state index contributed by atoms with van der Waals surface area (Å²) in [4.78, 5) is 15.3. The van der Waals surface area contributed by atoms with Gasteiger partial charge in [-0.25, -0.2) is 18.1 Å². The SMILES string of the molecule is CCc1c(C(=O)NN2CCS(=O)(=O)CC2)nn(-c2ccc(Cl)cc2Cl)c1-c1ccc(CCC#N)s1. The first-order valence-electron chi connectivity index (χ1n) is 11.0. The first kappa shape index (κ1) is 25.7. The minimum atomic E-state index is -3.07.